The van der Waals surface area contributed by atoms with Gasteiger partial charge >= 0.3 is 0 Å². The van der Waals surface area contributed by atoms with Crippen molar-refractivity contribution in [2.75, 3.05) is 22.6 Å². The molecule has 120 valence electrons. The van der Waals surface area contributed by atoms with E-state index in [2.05, 4.69) is 10.0 Å². The van der Waals surface area contributed by atoms with E-state index in [1.165, 1.54) is 0 Å². The number of hydrogen-bond donors (Lipinski definition) is 2. The number of rotatable bonds is 8. The number of para-hydroxylation sites is 1. The minimum absolute atomic E-state index is 0.0397. The molecule has 0 aliphatic heterocycles. The second-order valence-corrected chi connectivity index (χ2v) is 9.25. The van der Waals surface area contributed by atoms with Crippen molar-refractivity contribution in [2.24, 2.45) is 0 Å². The van der Waals surface area contributed by atoms with E-state index >= 15 is 0 Å². The maximum atomic E-state index is 11.9. The van der Waals surface area contributed by atoms with E-state index < -0.39 is 24.9 Å². The predicted molar refractivity (Wildman–Crippen MR) is 85.4 cm³/mol. The summed E-state index contributed by atoms with van der Waals surface area (Å²) in [4.78, 5) is 0. The van der Waals surface area contributed by atoms with Gasteiger partial charge in [-0.2, -0.15) is 0 Å². The Kier molecular flexibility index (Phi) is 6.18. The normalized spacial score (nSPS) is 13.9. The van der Waals surface area contributed by atoms with Crippen molar-refractivity contribution < 1.29 is 16.8 Å². The molecule has 0 spiro atoms. The summed E-state index contributed by atoms with van der Waals surface area (Å²) in [5.74, 6) is 0. The zero-order valence-electron chi connectivity index (χ0n) is 12.5. The van der Waals surface area contributed by atoms with E-state index in [0.29, 0.717) is 5.69 Å². The third-order valence-electron chi connectivity index (χ3n) is 2.76. The van der Waals surface area contributed by atoms with Crippen molar-refractivity contribution in [3.8, 4) is 0 Å². The highest BCUT2D eigenvalue weighted by Crippen LogP contribution is 2.23. The van der Waals surface area contributed by atoms with E-state index in [0.717, 1.165) is 24.8 Å². The average molecular weight is 334 g/mol. The molecule has 1 unspecified atom stereocenters. The van der Waals surface area contributed by atoms with Gasteiger partial charge in [-0.15, -0.1) is 0 Å². The summed E-state index contributed by atoms with van der Waals surface area (Å²) in [6.07, 6.45) is 1.86. The maximum Gasteiger partial charge on any atom is 0.247 e. The number of sulfonamides is 1. The van der Waals surface area contributed by atoms with Crippen LogP contribution in [0.1, 0.15) is 31.9 Å². The summed E-state index contributed by atoms with van der Waals surface area (Å²) in [5, 5.41) is 2.34. The summed E-state index contributed by atoms with van der Waals surface area (Å²) in [6, 6.07) is 6.91. The van der Waals surface area contributed by atoms with Crippen molar-refractivity contribution in [3.63, 3.8) is 0 Å². The lowest BCUT2D eigenvalue weighted by Gasteiger charge is -2.18. The van der Waals surface area contributed by atoms with E-state index in [4.69, 9.17) is 0 Å². The molecule has 0 radical (unpaired) electrons. The van der Waals surface area contributed by atoms with E-state index in [1.807, 2.05) is 26.0 Å². The fourth-order valence-electron chi connectivity index (χ4n) is 1.92. The lowest BCUT2D eigenvalue weighted by atomic mass is 10.1. The topological polar surface area (TPSA) is 92.3 Å². The van der Waals surface area contributed by atoms with E-state index in [-0.39, 0.29) is 6.04 Å². The third kappa shape index (κ3) is 6.45. The lowest BCUT2D eigenvalue weighted by molar-refractivity contribution is 0.571. The molecule has 1 atom stereocenters. The van der Waals surface area contributed by atoms with Gasteiger partial charge in [0.1, 0.15) is 0 Å². The van der Waals surface area contributed by atoms with Crippen LogP contribution >= 0.6 is 0 Å². The molecule has 0 amide bonds. The lowest BCUT2D eigenvalue weighted by Crippen LogP contribution is -2.25. The van der Waals surface area contributed by atoms with Crippen LogP contribution in [0, 0.1) is 0 Å². The molecule has 0 aliphatic carbocycles. The van der Waals surface area contributed by atoms with Crippen molar-refractivity contribution in [2.45, 2.75) is 26.3 Å². The van der Waals surface area contributed by atoms with Crippen LogP contribution in [0.15, 0.2) is 24.3 Å². The first-order valence-electron chi connectivity index (χ1n) is 6.65. The van der Waals surface area contributed by atoms with Crippen LogP contribution in [0.5, 0.6) is 0 Å². The highest BCUT2D eigenvalue weighted by Gasteiger charge is 2.20. The predicted octanol–water partition coefficient (Wildman–Crippen LogP) is 1.49. The highest BCUT2D eigenvalue weighted by atomic mass is 32.3. The molecule has 2 N–H and O–H groups in total. The number of anilines is 1. The second kappa shape index (κ2) is 7.24. The fourth-order valence-corrected chi connectivity index (χ4v) is 4.93. The Morgan fingerprint density at radius 3 is 2.33 bits per heavy atom. The molecule has 0 heterocycles. The van der Waals surface area contributed by atoms with Crippen molar-refractivity contribution >= 4 is 25.5 Å². The largest absolute Gasteiger partial charge is 0.310 e. The van der Waals surface area contributed by atoms with Gasteiger partial charge in [-0.3, -0.25) is 4.72 Å². The molecule has 21 heavy (non-hydrogen) atoms. The SMILES string of the molecule is CCCNC(C)c1ccccc1NS(=O)(=O)CS(C)(=O)=O. The molecule has 0 saturated carbocycles. The summed E-state index contributed by atoms with van der Waals surface area (Å²) < 4.78 is 48.5. The Hall–Kier alpha value is -1.12. The quantitative estimate of drug-likeness (QED) is 0.751. The summed E-state index contributed by atoms with van der Waals surface area (Å²) in [5.41, 5.74) is 1.18. The van der Waals surface area contributed by atoms with E-state index in [1.54, 1.807) is 12.1 Å². The fraction of sp³-hybridized carbons (Fsp3) is 0.538. The van der Waals surface area contributed by atoms with Crippen molar-refractivity contribution in [3.05, 3.63) is 29.8 Å². The Morgan fingerprint density at radius 2 is 1.76 bits per heavy atom. The van der Waals surface area contributed by atoms with Crippen molar-refractivity contribution in [1.82, 2.24) is 5.32 Å². The zero-order valence-corrected chi connectivity index (χ0v) is 14.1. The zero-order chi connectivity index (χ0) is 16.1. The highest BCUT2D eigenvalue weighted by molar-refractivity contribution is 8.08. The first-order valence-corrected chi connectivity index (χ1v) is 10.4. The Morgan fingerprint density at radius 1 is 1.14 bits per heavy atom. The van der Waals surface area contributed by atoms with Gasteiger partial charge in [0, 0.05) is 12.3 Å². The molecule has 0 fully saturated rings. The number of sulfone groups is 1. The molecular formula is C13H22N2O4S2. The van der Waals surface area contributed by atoms with Crippen LogP contribution in [-0.2, 0) is 19.9 Å². The number of nitrogens with one attached hydrogen (secondary N) is 2. The van der Waals surface area contributed by atoms with Crippen LogP contribution in [0.3, 0.4) is 0 Å². The van der Waals surface area contributed by atoms with Crippen molar-refractivity contribution in [1.29, 1.82) is 0 Å². The minimum Gasteiger partial charge on any atom is -0.310 e. The molecule has 0 bridgehead atoms. The molecule has 0 saturated heterocycles. The van der Waals surface area contributed by atoms with Gasteiger partial charge in [-0.25, -0.2) is 16.8 Å². The van der Waals surface area contributed by atoms with Crippen LogP contribution in [0.4, 0.5) is 5.69 Å². The molecule has 1 rings (SSSR count). The first-order chi connectivity index (χ1) is 9.64. The smallest absolute Gasteiger partial charge is 0.247 e. The Labute approximate surface area is 126 Å². The summed E-state index contributed by atoms with van der Waals surface area (Å²) >= 11 is 0. The number of hydrogen-bond acceptors (Lipinski definition) is 5. The molecule has 0 aromatic heterocycles. The summed E-state index contributed by atoms with van der Waals surface area (Å²) in [7, 11) is -7.55. The van der Waals surface area contributed by atoms with Gasteiger partial charge in [0.25, 0.3) is 0 Å². The summed E-state index contributed by atoms with van der Waals surface area (Å²) in [6.45, 7) is 4.78. The molecule has 0 aliphatic rings. The molecule has 8 heteroatoms. The first kappa shape index (κ1) is 17.9. The van der Waals surface area contributed by atoms with Crippen LogP contribution in [0.25, 0.3) is 0 Å². The maximum absolute atomic E-state index is 11.9. The van der Waals surface area contributed by atoms with E-state index in [9.17, 15) is 16.8 Å². The van der Waals surface area contributed by atoms with Crippen LogP contribution < -0.4 is 10.0 Å². The van der Waals surface area contributed by atoms with Gasteiger partial charge in [0.05, 0.1) is 5.69 Å². The average Bonchev–Trinajstić information content (AvgIpc) is 2.33. The van der Waals surface area contributed by atoms with Gasteiger partial charge in [0.2, 0.25) is 10.0 Å². The standard InChI is InChI=1S/C13H22N2O4S2/c1-4-9-14-11(2)12-7-5-6-8-13(12)15-21(18,19)10-20(3,16)17/h5-8,11,14-15H,4,9-10H2,1-3H3. The van der Waals surface area contributed by atoms with Crippen LogP contribution in [0.2, 0.25) is 0 Å². The van der Waals surface area contributed by atoms with Crippen LogP contribution in [-0.4, -0.2) is 34.7 Å². The minimum atomic E-state index is -3.93. The second-order valence-electron chi connectivity index (χ2n) is 5.02. The van der Waals surface area contributed by atoms with Gasteiger partial charge in [-0.1, -0.05) is 25.1 Å². The number of benzene rings is 1. The molecule has 1 aromatic carbocycles. The Balaban J connectivity index is 2.99. The molecular weight excluding hydrogens is 312 g/mol. The monoisotopic (exact) mass is 334 g/mol. The third-order valence-corrected chi connectivity index (χ3v) is 6.25. The van der Waals surface area contributed by atoms with Gasteiger partial charge in [0.15, 0.2) is 14.9 Å². The van der Waals surface area contributed by atoms with Gasteiger partial charge in [-0.05, 0) is 31.5 Å². The van der Waals surface area contributed by atoms with Gasteiger partial charge < -0.3 is 5.32 Å². The Bertz CT molecular complexity index is 669. The molecule has 6 nitrogen and oxygen atoms in total. The molecule has 1 aromatic rings.